The molecule has 0 saturated heterocycles. The largest absolute Gasteiger partial charge is 0.493 e. The van der Waals surface area contributed by atoms with Crippen LogP contribution in [0.4, 0.5) is 0 Å². The molecule has 1 aliphatic carbocycles. The van der Waals surface area contributed by atoms with Crippen molar-refractivity contribution < 1.29 is 24.2 Å². The van der Waals surface area contributed by atoms with Gasteiger partial charge in [-0.2, -0.15) is 0 Å². The van der Waals surface area contributed by atoms with Gasteiger partial charge >= 0.3 is 5.97 Å². The maximum atomic E-state index is 12.3. The molecule has 0 aliphatic heterocycles. The molecule has 0 radical (unpaired) electrons. The Labute approximate surface area is 123 Å². The number of ether oxygens (including phenoxy) is 2. The van der Waals surface area contributed by atoms with Gasteiger partial charge < -0.3 is 19.9 Å². The van der Waals surface area contributed by atoms with Crippen LogP contribution in [0.15, 0.2) is 18.2 Å². The highest BCUT2D eigenvalue weighted by molar-refractivity contribution is 5.98. The first-order chi connectivity index (χ1) is 9.92. The van der Waals surface area contributed by atoms with Crippen LogP contribution in [0.2, 0.25) is 0 Å². The average molecular weight is 293 g/mol. The van der Waals surface area contributed by atoms with Crippen LogP contribution in [0.1, 0.15) is 30.1 Å². The predicted octanol–water partition coefficient (Wildman–Crippen LogP) is 1.69. The van der Waals surface area contributed by atoms with Crippen LogP contribution in [-0.2, 0) is 4.79 Å². The highest BCUT2D eigenvalue weighted by Crippen LogP contribution is 2.40. The molecule has 0 bridgehead atoms. The van der Waals surface area contributed by atoms with Crippen LogP contribution in [0.25, 0.3) is 0 Å². The van der Waals surface area contributed by atoms with E-state index in [4.69, 9.17) is 9.47 Å². The summed E-state index contributed by atoms with van der Waals surface area (Å²) in [6, 6.07) is 4.72. The normalized spacial score (nSPS) is 16.7. The van der Waals surface area contributed by atoms with E-state index >= 15 is 0 Å². The SMILES string of the molecule is COc1ccc(C(=O)NC(C)(C(=O)O)C2CC2)cc1OC. The van der Waals surface area contributed by atoms with Crippen molar-refractivity contribution in [2.45, 2.75) is 25.3 Å². The Bertz CT molecular complexity index is 567. The number of benzene rings is 1. The van der Waals surface area contributed by atoms with Crippen LogP contribution < -0.4 is 14.8 Å². The van der Waals surface area contributed by atoms with Gasteiger partial charge in [-0.1, -0.05) is 0 Å². The molecule has 1 saturated carbocycles. The quantitative estimate of drug-likeness (QED) is 0.833. The minimum absolute atomic E-state index is 0.0147. The zero-order valence-corrected chi connectivity index (χ0v) is 12.3. The van der Waals surface area contributed by atoms with Gasteiger partial charge in [-0.3, -0.25) is 4.79 Å². The molecular weight excluding hydrogens is 274 g/mol. The zero-order chi connectivity index (χ0) is 15.6. The van der Waals surface area contributed by atoms with Gasteiger partial charge in [0.25, 0.3) is 5.91 Å². The lowest BCUT2D eigenvalue weighted by molar-refractivity contribution is -0.144. The summed E-state index contributed by atoms with van der Waals surface area (Å²) in [5, 5.41) is 12.0. The van der Waals surface area contributed by atoms with Crippen molar-refractivity contribution in [3.8, 4) is 11.5 Å². The fourth-order valence-electron chi connectivity index (χ4n) is 2.28. The molecule has 1 aliphatic rings. The van der Waals surface area contributed by atoms with Crippen LogP contribution in [0.3, 0.4) is 0 Å². The minimum Gasteiger partial charge on any atom is -0.493 e. The summed E-state index contributed by atoms with van der Waals surface area (Å²) < 4.78 is 10.3. The van der Waals surface area contributed by atoms with Crippen LogP contribution in [0, 0.1) is 5.92 Å². The molecule has 2 N–H and O–H groups in total. The molecule has 1 amide bonds. The summed E-state index contributed by atoms with van der Waals surface area (Å²) in [4.78, 5) is 23.7. The van der Waals surface area contributed by atoms with Crippen molar-refractivity contribution in [2.75, 3.05) is 14.2 Å². The molecule has 1 atom stereocenters. The van der Waals surface area contributed by atoms with E-state index in [0.717, 1.165) is 12.8 Å². The van der Waals surface area contributed by atoms with Crippen molar-refractivity contribution in [3.63, 3.8) is 0 Å². The third kappa shape index (κ3) is 2.94. The molecule has 0 spiro atoms. The van der Waals surface area contributed by atoms with Gasteiger partial charge in [0.1, 0.15) is 5.54 Å². The second-order valence-electron chi connectivity index (χ2n) is 5.31. The van der Waals surface area contributed by atoms with Crippen LogP contribution in [-0.4, -0.2) is 36.7 Å². The maximum absolute atomic E-state index is 12.3. The number of carboxylic acid groups (broad SMARTS) is 1. The first-order valence-corrected chi connectivity index (χ1v) is 6.70. The topological polar surface area (TPSA) is 84.9 Å². The van der Waals surface area contributed by atoms with Crippen molar-refractivity contribution in [1.82, 2.24) is 5.32 Å². The number of aliphatic carboxylic acids is 1. The molecule has 1 aromatic rings. The van der Waals surface area contributed by atoms with Gasteiger partial charge in [-0.15, -0.1) is 0 Å². The highest BCUT2D eigenvalue weighted by atomic mass is 16.5. The van der Waals surface area contributed by atoms with Crippen molar-refractivity contribution in [1.29, 1.82) is 0 Å². The number of carbonyl (C=O) groups excluding carboxylic acids is 1. The lowest BCUT2D eigenvalue weighted by Crippen LogP contribution is -2.54. The lowest BCUT2D eigenvalue weighted by atomic mass is 9.95. The molecule has 21 heavy (non-hydrogen) atoms. The number of hydrogen-bond donors (Lipinski definition) is 2. The standard InChI is InChI=1S/C15H19NO5/c1-15(14(18)19,10-5-6-10)16-13(17)9-4-7-11(20-2)12(8-9)21-3/h4,7-8,10H,5-6H2,1-3H3,(H,16,17)(H,18,19). The van der Waals surface area contributed by atoms with E-state index in [9.17, 15) is 14.7 Å². The van der Waals surface area contributed by atoms with Gasteiger partial charge in [0.05, 0.1) is 14.2 Å². The highest BCUT2D eigenvalue weighted by Gasteiger charge is 2.48. The number of nitrogens with one attached hydrogen (secondary N) is 1. The van der Waals surface area contributed by atoms with Gasteiger partial charge in [-0.25, -0.2) is 4.79 Å². The van der Waals surface area contributed by atoms with E-state index in [-0.39, 0.29) is 5.92 Å². The van der Waals surface area contributed by atoms with Crippen molar-refractivity contribution >= 4 is 11.9 Å². The Balaban J connectivity index is 2.22. The summed E-state index contributed by atoms with van der Waals surface area (Å²) in [7, 11) is 2.98. The fraction of sp³-hybridized carbons (Fsp3) is 0.467. The average Bonchev–Trinajstić information content (AvgIpc) is 3.30. The number of amides is 1. The van der Waals surface area contributed by atoms with E-state index in [2.05, 4.69) is 5.32 Å². The molecule has 6 nitrogen and oxygen atoms in total. The van der Waals surface area contributed by atoms with E-state index < -0.39 is 17.4 Å². The van der Waals surface area contributed by atoms with Gasteiger partial charge in [0, 0.05) is 5.56 Å². The zero-order valence-electron chi connectivity index (χ0n) is 12.3. The molecule has 1 fully saturated rings. The molecular formula is C15H19NO5. The molecule has 1 unspecified atom stereocenters. The Kier molecular flexibility index (Phi) is 4.06. The summed E-state index contributed by atoms with van der Waals surface area (Å²) in [5.41, 5.74) is -0.898. The number of rotatable bonds is 6. The third-order valence-corrected chi connectivity index (χ3v) is 3.86. The molecule has 1 aromatic carbocycles. The monoisotopic (exact) mass is 293 g/mol. The maximum Gasteiger partial charge on any atom is 0.329 e. The van der Waals surface area contributed by atoms with Crippen LogP contribution >= 0.6 is 0 Å². The Hall–Kier alpha value is -2.24. The number of hydrogen-bond acceptors (Lipinski definition) is 4. The number of carbonyl (C=O) groups is 2. The Morgan fingerprint density at radius 1 is 1.24 bits per heavy atom. The number of carboxylic acids is 1. The first-order valence-electron chi connectivity index (χ1n) is 6.70. The Morgan fingerprint density at radius 3 is 2.33 bits per heavy atom. The fourth-order valence-corrected chi connectivity index (χ4v) is 2.28. The van der Waals surface area contributed by atoms with E-state index in [1.807, 2.05) is 0 Å². The smallest absolute Gasteiger partial charge is 0.329 e. The molecule has 114 valence electrons. The Morgan fingerprint density at radius 2 is 1.86 bits per heavy atom. The molecule has 0 aromatic heterocycles. The summed E-state index contributed by atoms with van der Waals surface area (Å²) in [6.07, 6.45) is 1.63. The summed E-state index contributed by atoms with van der Waals surface area (Å²) in [5.74, 6) is -0.531. The molecule has 2 rings (SSSR count). The molecule has 6 heteroatoms. The van der Waals surface area contributed by atoms with Gasteiger partial charge in [0.2, 0.25) is 0 Å². The minimum atomic E-state index is -1.23. The predicted molar refractivity (Wildman–Crippen MR) is 75.8 cm³/mol. The van der Waals surface area contributed by atoms with Gasteiger partial charge in [-0.05, 0) is 43.9 Å². The molecule has 0 heterocycles. The second-order valence-corrected chi connectivity index (χ2v) is 5.31. The van der Waals surface area contributed by atoms with E-state index in [1.54, 1.807) is 19.1 Å². The first kappa shape index (κ1) is 15.2. The van der Waals surface area contributed by atoms with Crippen molar-refractivity contribution in [3.05, 3.63) is 23.8 Å². The summed E-state index contributed by atoms with van der Waals surface area (Å²) in [6.45, 7) is 1.55. The van der Waals surface area contributed by atoms with Crippen molar-refractivity contribution in [2.24, 2.45) is 5.92 Å². The van der Waals surface area contributed by atoms with E-state index in [1.165, 1.54) is 20.3 Å². The second kappa shape index (κ2) is 5.63. The number of methoxy groups -OCH3 is 2. The third-order valence-electron chi connectivity index (χ3n) is 3.86. The van der Waals surface area contributed by atoms with E-state index in [0.29, 0.717) is 17.1 Å². The van der Waals surface area contributed by atoms with Crippen LogP contribution in [0.5, 0.6) is 11.5 Å². The summed E-state index contributed by atoms with van der Waals surface area (Å²) >= 11 is 0. The van der Waals surface area contributed by atoms with Gasteiger partial charge in [0.15, 0.2) is 11.5 Å². The lowest BCUT2D eigenvalue weighted by Gasteiger charge is -2.26.